The molecule has 0 aliphatic carbocycles. The summed E-state index contributed by atoms with van der Waals surface area (Å²) in [5.74, 6) is 0.329. The highest BCUT2D eigenvalue weighted by Crippen LogP contribution is 2.28. The lowest BCUT2D eigenvalue weighted by atomic mass is 9.85. The van der Waals surface area contributed by atoms with Gasteiger partial charge in [-0.3, -0.25) is 4.79 Å². The van der Waals surface area contributed by atoms with Crippen molar-refractivity contribution in [1.29, 1.82) is 0 Å². The molecule has 0 bridgehead atoms. The highest BCUT2D eigenvalue weighted by molar-refractivity contribution is 5.76. The number of nitrogens with one attached hydrogen (secondary N) is 1. The predicted molar refractivity (Wildman–Crippen MR) is 96.5 cm³/mol. The summed E-state index contributed by atoms with van der Waals surface area (Å²) in [6.07, 6.45) is 3.84. The van der Waals surface area contributed by atoms with Gasteiger partial charge in [0.1, 0.15) is 0 Å². The SMILES string of the molecule is CCCCCC(=O)NC(C)C(c1ccccc1)c1ccccc1. The third-order valence-corrected chi connectivity index (χ3v) is 4.21. The first-order valence-corrected chi connectivity index (χ1v) is 8.61. The number of carbonyl (C=O) groups excluding carboxylic acids is 1. The fourth-order valence-electron chi connectivity index (χ4n) is 3.04. The number of rotatable bonds is 8. The smallest absolute Gasteiger partial charge is 0.220 e. The van der Waals surface area contributed by atoms with Crippen LogP contribution in [0, 0.1) is 0 Å². The number of hydrogen-bond acceptors (Lipinski definition) is 1. The van der Waals surface area contributed by atoms with Gasteiger partial charge in [-0.25, -0.2) is 0 Å². The first kappa shape index (κ1) is 17.3. The summed E-state index contributed by atoms with van der Waals surface area (Å²) in [7, 11) is 0. The van der Waals surface area contributed by atoms with E-state index in [0.717, 1.165) is 19.3 Å². The number of carbonyl (C=O) groups is 1. The molecule has 1 amide bonds. The molecule has 23 heavy (non-hydrogen) atoms. The van der Waals surface area contributed by atoms with Gasteiger partial charge in [-0.05, 0) is 24.5 Å². The van der Waals surface area contributed by atoms with E-state index in [0.29, 0.717) is 6.42 Å². The Bertz CT molecular complexity index is 540. The first-order chi connectivity index (χ1) is 11.2. The molecule has 122 valence electrons. The number of amides is 1. The number of benzene rings is 2. The quantitative estimate of drug-likeness (QED) is 0.690. The highest BCUT2D eigenvalue weighted by Gasteiger charge is 2.22. The molecule has 0 aliphatic rings. The summed E-state index contributed by atoms with van der Waals surface area (Å²) >= 11 is 0. The van der Waals surface area contributed by atoms with E-state index in [4.69, 9.17) is 0 Å². The molecule has 0 fully saturated rings. The second-order valence-corrected chi connectivity index (χ2v) is 6.11. The van der Waals surface area contributed by atoms with Crippen molar-refractivity contribution < 1.29 is 4.79 Å². The van der Waals surface area contributed by atoms with Crippen molar-refractivity contribution in [2.45, 2.75) is 51.5 Å². The molecule has 0 spiro atoms. The topological polar surface area (TPSA) is 29.1 Å². The maximum atomic E-state index is 12.2. The number of hydrogen-bond donors (Lipinski definition) is 1. The van der Waals surface area contributed by atoms with Crippen molar-refractivity contribution in [1.82, 2.24) is 5.32 Å². The molecule has 1 N–H and O–H groups in total. The molecule has 0 heterocycles. The lowest BCUT2D eigenvalue weighted by Crippen LogP contribution is -2.37. The van der Waals surface area contributed by atoms with Crippen molar-refractivity contribution in [3.63, 3.8) is 0 Å². The second kappa shape index (κ2) is 9.14. The van der Waals surface area contributed by atoms with Gasteiger partial charge in [0.05, 0.1) is 0 Å². The maximum absolute atomic E-state index is 12.2. The van der Waals surface area contributed by atoms with E-state index in [-0.39, 0.29) is 17.9 Å². The Kier molecular flexibility index (Phi) is 6.86. The van der Waals surface area contributed by atoms with E-state index in [2.05, 4.69) is 67.7 Å². The highest BCUT2D eigenvalue weighted by atomic mass is 16.1. The van der Waals surface area contributed by atoms with Gasteiger partial charge in [0.25, 0.3) is 0 Å². The van der Waals surface area contributed by atoms with E-state index in [1.807, 2.05) is 12.1 Å². The maximum Gasteiger partial charge on any atom is 0.220 e. The van der Waals surface area contributed by atoms with Crippen molar-refractivity contribution in [3.8, 4) is 0 Å². The Morgan fingerprint density at radius 1 is 0.913 bits per heavy atom. The van der Waals surface area contributed by atoms with Gasteiger partial charge in [-0.15, -0.1) is 0 Å². The van der Waals surface area contributed by atoms with Crippen LogP contribution in [0.1, 0.15) is 56.6 Å². The van der Waals surface area contributed by atoms with Crippen LogP contribution >= 0.6 is 0 Å². The van der Waals surface area contributed by atoms with Crippen LogP contribution in [-0.2, 0) is 4.79 Å². The van der Waals surface area contributed by atoms with Crippen molar-refractivity contribution in [2.75, 3.05) is 0 Å². The van der Waals surface area contributed by atoms with Crippen LogP contribution in [-0.4, -0.2) is 11.9 Å². The zero-order chi connectivity index (χ0) is 16.5. The summed E-state index contributed by atoms with van der Waals surface area (Å²) < 4.78 is 0. The van der Waals surface area contributed by atoms with E-state index in [9.17, 15) is 4.79 Å². The standard InChI is InChI=1S/C21H27NO/c1-3-4-7-16-20(23)22-17(2)21(18-12-8-5-9-13-18)19-14-10-6-11-15-19/h5-6,8-15,17,21H,3-4,7,16H2,1-2H3,(H,22,23). The third-order valence-electron chi connectivity index (χ3n) is 4.21. The van der Waals surface area contributed by atoms with Gasteiger partial charge in [0.2, 0.25) is 5.91 Å². The van der Waals surface area contributed by atoms with Crippen molar-refractivity contribution in [2.24, 2.45) is 0 Å². The summed E-state index contributed by atoms with van der Waals surface area (Å²) in [6, 6.07) is 20.9. The monoisotopic (exact) mass is 309 g/mol. The van der Waals surface area contributed by atoms with Crippen LogP contribution in [0.5, 0.6) is 0 Å². The molecule has 0 radical (unpaired) electrons. The Morgan fingerprint density at radius 2 is 1.43 bits per heavy atom. The fourth-order valence-corrected chi connectivity index (χ4v) is 3.04. The molecule has 2 nitrogen and oxygen atoms in total. The Morgan fingerprint density at radius 3 is 1.91 bits per heavy atom. The summed E-state index contributed by atoms with van der Waals surface area (Å²) in [5, 5.41) is 3.20. The van der Waals surface area contributed by atoms with Gasteiger partial charge in [-0.1, -0.05) is 80.4 Å². The predicted octanol–water partition coefficient (Wildman–Crippen LogP) is 4.90. The minimum absolute atomic E-state index is 0.0638. The van der Waals surface area contributed by atoms with Crippen LogP contribution in [0.2, 0.25) is 0 Å². The van der Waals surface area contributed by atoms with Crippen LogP contribution in [0.4, 0.5) is 0 Å². The molecule has 2 aromatic carbocycles. The van der Waals surface area contributed by atoms with Crippen LogP contribution in [0.3, 0.4) is 0 Å². The first-order valence-electron chi connectivity index (χ1n) is 8.61. The zero-order valence-electron chi connectivity index (χ0n) is 14.2. The van der Waals surface area contributed by atoms with E-state index >= 15 is 0 Å². The minimum Gasteiger partial charge on any atom is -0.353 e. The normalized spacial score (nSPS) is 12.1. The average molecular weight is 309 g/mol. The molecule has 0 aliphatic heterocycles. The Hall–Kier alpha value is -2.09. The second-order valence-electron chi connectivity index (χ2n) is 6.11. The molecule has 0 aromatic heterocycles. The fraction of sp³-hybridized carbons (Fsp3) is 0.381. The molecule has 2 heteroatoms. The molecule has 1 atom stereocenters. The van der Waals surface area contributed by atoms with Crippen LogP contribution < -0.4 is 5.32 Å². The zero-order valence-corrected chi connectivity index (χ0v) is 14.2. The molecular formula is C21H27NO. The van der Waals surface area contributed by atoms with Gasteiger partial charge in [0.15, 0.2) is 0 Å². The molecule has 0 saturated heterocycles. The van der Waals surface area contributed by atoms with E-state index in [1.54, 1.807) is 0 Å². The largest absolute Gasteiger partial charge is 0.353 e. The number of unbranched alkanes of at least 4 members (excludes halogenated alkanes) is 2. The Balaban J connectivity index is 2.13. The molecule has 1 unspecified atom stereocenters. The lowest BCUT2D eigenvalue weighted by molar-refractivity contribution is -0.121. The van der Waals surface area contributed by atoms with Crippen molar-refractivity contribution >= 4 is 5.91 Å². The van der Waals surface area contributed by atoms with E-state index < -0.39 is 0 Å². The van der Waals surface area contributed by atoms with Gasteiger partial charge < -0.3 is 5.32 Å². The van der Waals surface area contributed by atoms with Crippen molar-refractivity contribution in [3.05, 3.63) is 71.8 Å². The molecule has 0 saturated carbocycles. The lowest BCUT2D eigenvalue weighted by Gasteiger charge is -2.26. The molecule has 2 rings (SSSR count). The van der Waals surface area contributed by atoms with Gasteiger partial charge in [0, 0.05) is 18.4 Å². The Labute approximate surface area is 139 Å². The van der Waals surface area contributed by atoms with Gasteiger partial charge >= 0.3 is 0 Å². The summed E-state index contributed by atoms with van der Waals surface area (Å²) in [5.41, 5.74) is 2.47. The summed E-state index contributed by atoms with van der Waals surface area (Å²) in [6.45, 7) is 4.25. The van der Waals surface area contributed by atoms with E-state index in [1.165, 1.54) is 11.1 Å². The third kappa shape index (κ3) is 5.24. The minimum atomic E-state index is 0.0638. The van der Waals surface area contributed by atoms with Gasteiger partial charge in [-0.2, -0.15) is 0 Å². The van der Waals surface area contributed by atoms with Crippen LogP contribution in [0.15, 0.2) is 60.7 Å². The molecule has 2 aromatic rings. The summed E-state index contributed by atoms with van der Waals surface area (Å²) in [4.78, 5) is 12.2. The average Bonchev–Trinajstić information content (AvgIpc) is 2.57. The van der Waals surface area contributed by atoms with Crippen LogP contribution in [0.25, 0.3) is 0 Å². The molecular weight excluding hydrogens is 282 g/mol.